The Hall–Kier alpha value is -13.2. The van der Waals surface area contributed by atoms with Crippen molar-refractivity contribution in [2.75, 3.05) is 0 Å². The lowest BCUT2D eigenvalue weighted by Gasteiger charge is -2.44. The molecule has 0 bridgehead atoms. The highest BCUT2D eigenvalue weighted by molar-refractivity contribution is 5.79. The molecule has 13 rings (SSSR count). The van der Waals surface area contributed by atoms with Crippen LogP contribution in [0.4, 0.5) is 0 Å². The van der Waals surface area contributed by atoms with Crippen LogP contribution in [0.3, 0.4) is 0 Å². The summed E-state index contributed by atoms with van der Waals surface area (Å²) in [5.41, 5.74) is 2.74. The maximum absolute atomic E-state index is 14.2. The summed E-state index contributed by atoms with van der Waals surface area (Å²) < 4.78 is 83.6. The van der Waals surface area contributed by atoms with E-state index in [2.05, 4.69) is 0 Å². The molecule has 0 radical (unpaired) electrons. The van der Waals surface area contributed by atoms with E-state index in [9.17, 15) is 54.3 Å². The summed E-state index contributed by atoms with van der Waals surface area (Å²) in [5, 5.41) is 62.9. The van der Waals surface area contributed by atoms with E-state index in [1.807, 2.05) is 121 Å². The number of phenolic OH excluding ortho intramolecular Hbond substituents is 4. The Bertz CT molecular complexity index is 5090. The SMILES string of the molecule is CC(=O)Oc1ccc([C@H]2Oc3c(c(OC(C)=O)cc(OC(C)=O)c3[C@@H]3c4c(O)cc(O)c([C@@H]5c6c(OCc7ccccc7)cc(OCc7ccccc7)cc6O[C@H](c6ccc(OCc7ccccc7)c(OCc7ccccc7)c6)[C@H]5O)c4O[C@H](c4ccc(O)c(O)c4)[C@H]3OC(C)=O)C[C@H]2OC(C)=O)cc1OC(C)=O. The highest BCUT2D eigenvalue weighted by atomic mass is 16.6. The lowest BCUT2D eigenvalue weighted by molar-refractivity contribution is -0.154. The van der Waals surface area contributed by atoms with E-state index in [1.165, 1.54) is 30.3 Å². The van der Waals surface area contributed by atoms with Gasteiger partial charge < -0.3 is 87.1 Å². The minimum Gasteiger partial charge on any atom is -0.507 e. The molecule has 0 saturated heterocycles. The summed E-state index contributed by atoms with van der Waals surface area (Å²) in [4.78, 5) is 79.9. The van der Waals surface area contributed by atoms with Gasteiger partial charge in [0.2, 0.25) is 0 Å². The molecule has 558 valence electrons. The van der Waals surface area contributed by atoms with Crippen LogP contribution in [-0.4, -0.2) is 79.7 Å². The van der Waals surface area contributed by atoms with Crippen LogP contribution in [0.2, 0.25) is 0 Å². The molecule has 5 N–H and O–H groups in total. The zero-order chi connectivity index (χ0) is 76.7. The second kappa shape index (κ2) is 32.2. The molecule has 109 heavy (non-hydrogen) atoms. The second-order valence-electron chi connectivity index (χ2n) is 26.1. The molecule has 0 fully saturated rings. The normalized spacial score (nSPS) is 18.0. The van der Waals surface area contributed by atoms with Gasteiger partial charge in [-0.2, -0.15) is 0 Å². The molecule has 8 atom stereocenters. The summed E-state index contributed by atoms with van der Waals surface area (Å²) in [6, 6.07) is 55.5. The molecule has 0 aliphatic carbocycles. The van der Waals surface area contributed by atoms with Crippen molar-refractivity contribution in [3.05, 3.63) is 267 Å². The van der Waals surface area contributed by atoms with E-state index in [0.29, 0.717) is 16.9 Å². The predicted molar refractivity (Wildman–Crippen MR) is 388 cm³/mol. The number of aromatic hydroxyl groups is 4. The standard InChI is InChI=1S/C85H74O24/c1-45(86)101-65-32-29-56(35-68(65)103-47(3)88)80-72(105-49(5)90)38-59-66(102-46(2)87)40-71(104-48(4)89)76(83(59)108-80)78-74-63(95)39-62(94)73(84(74)109-82(85(78)106-50(6)91)55-27-30-60(92)61(93)33-55)77-75-69(100-44-54-25-17-10-18-26-54)36-58(97-41-51-19-11-7-12-20-51)37-70(75)107-81(79(77)96)57-28-31-64(98-42-52-21-13-8-14-22-52)67(34-57)99-43-53-23-15-9-16-24-53/h7-37,39-40,72,77-82,85,92-96H,38,41-44H2,1-6H3/t72-,77-,78+,79+,80-,81-,82-,85+/m1/s1. The molecular formula is C85H74O24. The maximum Gasteiger partial charge on any atom is 0.308 e. The van der Waals surface area contributed by atoms with Crippen molar-refractivity contribution in [3.63, 3.8) is 0 Å². The van der Waals surface area contributed by atoms with Crippen LogP contribution in [0, 0.1) is 0 Å². The van der Waals surface area contributed by atoms with Crippen molar-refractivity contribution in [2.24, 2.45) is 0 Å². The quantitative estimate of drug-likeness (QED) is 0.0226. The summed E-state index contributed by atoms with van der Waals surface area (Å²) in [6.07, 6.45) is -10.2. The van der Waals surface area contributed by atoms with E-state index in [-0.39, 0.29) is 111 Å². The zero-order valence-corrected chi connectivity index (χ0v) is 59.7. The van der Waals surface area contributed by atoms with Crippen molar-refractivity contribution in [2.45, 2.75) is 123 Å². The molecule has 0 unspecified atom stereocenters. The van der Waals surface area contributed by atoms with Gasteiger partial charge in [0.1, 0.15) is 90.4 Å². The molecule has 0 amide bonds. The van der Waals surface area contributed by atoms with E-state index < -0.39 is 125 Å². The van der Waals surface area contributed by atoms with Crippen LogP contribution < -0.4 is 52.1 Å². The van der Waals surface area contributed by atoms with Crippen molar-refractivity contribution in [1.82, 2.24) is 0 Å². The van der Waals surface area contributed by atoms with Crippen LogP contribution in [0.15, 0.2) is 200 Å². The lowest BCUT2D eigenvalue weighted by atomic mass is 9.73. The fourth-order valence-electron chi connectivity index (χ4n) is 13.8. The Morgan fingerprint density at radius 2 is 0.826 bits per heavy atom. The van der Waals surface area contributed by atoms with Gasteiger partial charge in [0.25, 0.3) is 0 Å². The van der Waals surface area contributed by atoms with Crippen molar-refractivity contribution >= 4 is 35.8 Å². The first-order valence-electron chi connectivity index (χ1n) is 34.7. The number of carbonyl (C=O) groups is 6. The molecule has 24 heteroatoms. The topological polar surface area (TPSA) is 324 Å². The van der Waals surface area contributed by atoms with Gasteiger partial charge in [-0.15, -0.1) is 0 Å². The maximum atomic E-state index is 14.2. The summed E-state index contributed by atoms with van der Waals surface area (Å²) in [7, 11) is 0. The highest BCUT2D eigenvalue weighted by Crippen LogP contribution is 2.64. The first-order valence-corrected chi connectivity index (χ1v) is 34.7. The van der Waals surface area contributed by atoms with Gasteiger partial charge in [-0.05, 0) is 64.2 Å². The first-order chi connectivity index (χ1) is 52.5. The summed E-state index contributed by atoms with van der Waals surface area (Å²) >= 11 is 0. The van der Waals surface area contributed by atoms with Gasteiger partial charge in [0.05, 0.1) is 11.8 Å². The number of hydrogen-bond donors (Lipinski definition) is 5. The Kier molecular flexibility index (Phi) is 21.9. The van der Waals surface area contributed by atoms with Crippen molar-refractivity contribution in [3.8, 4) is 86.2 Å². The number of hydrogen-bond acceptors (Lipinski definition) is 24. The summed E-state index contributed by atoms with van der Waals surface area (Å²) in [5.74, 6) is -12.6. The van der Waals surface area contributed by atoms with Crippen LogP contribution in [-0.2, 0) is 71.1 Å². The van der Waals surface area contributed by atoms with E-state index in [0.717, 1.165) is 76.4 Å². The van der Waals surface area contributed by atoms with Gasteiger partial charge in [0, 0.05) is 111 Å². The minimum absolute atomic E-state index is 0.0273. The van der Waals surface area contributed by atoms with E-state index in [4.69, 9.17) is 61.6 Å². The number of carbonyl (C=O) groups excluding carboxylic acids is 6. The number of ether oxygens (including phenoxy) is 13. The highest BCUT2D eigenvalue weighted by Gasteiger charge is 2.53. The van der Waals surface area contributed by atoms with Gasteiger partial charge in [0.15, 0.2) is 58.9 Å². The van der Waals surface area contributed by atoms with Gasteiger partial charge in [-0.1, -0.05) is 140 Å². The molecular weight excluding hydrogens is 1400 g/mol. The molecule has 24 nitrogen and oxygen atoms in total. The molecule has 3 aliphatic heterocycles. The van der Waals surface area contributed by atoms with Crippen molar-refractivity contribution in [1.29, 1.82) is 0 Å². The lowest BCUT2D eigenvalue weighted by Crippen LogP contribution is -2.41. The molecule has 0 saturated carbocycles. The minimum atomic E-state index is -1.86. The average Bonchev–Trinajstić information content (AvgIpc) is 0.708. The number of phenols is 4. The van der Waals surface area contributed by atoms with Crippen LogP contribution in [0.25, 0.3) is 0 Å². The molecule has 0 spiro atoms. The molecule has 10 aromatic carbocycles. The number of benzene rings is 10. The van der Waals surface area contributed by atoms with E-state index in [1.54, 1.807) is 30.3 Å². The fourth-order valence-corrected chi connectivity index (χ4v) is 13.8. The molecule has 10 aromatic rings. The third-order valence-corrected chi connectivity index (χ3v) is 18.3. The Morgan fingerprint density at radius 1 is 0.358 bits per heavy atom. The number of aliphatic hydroxyl groups excluding tert-OH is 1. The number of rotatable bonds is 23. The zero-order valence-electron chi connectivity index (χ0n) is 59.7. The average molecular weight is 1480 g/mol. The predicted octanol–water partition coefficient (Wildman–Crippen LogP) is 14.0. The largest absolute Gasteiger partial charge is 0.507 e. The van der Waals surface area contributed by atoms with Gasteiger partial charge in [-0.25, -0.2) is 0 Å². The first kappa shape index (κ1) is 74.1. The second-order valence-corrected chi connectivity index (χ2v) is 26.1. The third kappa shape index (κ3) is 16.6. The van der Waals surface area contributed by atoms with Crippen LogP contribution in [0.1, 0.15) is 138 Å². The van der Waals surface area contributed by atoms with Crippen LogP contribution in [0.5, 0.6) is 86.2 Å². The Labute approximate surface area is 624 Å². The molecule has 3 heterocycles. The Balaban J connectivity index is 1.09. The van der Waals surface area contributed by atoms with E-state index >= 15 is 0 Å². The summed E-state index contributed by atoms with van der Waals surface area (Å²) in [6.45, 7) is 6.79. The fraction of sp³-hybridized carbons (Fsp3) is 0.224. The molecule has 0 aromatic heterocycles. The molecule has 3 aliphatic rings. The van der Waals surface area contributed by atoms with Crippen LogP contribution >= 0.6 is 0 Å². The van der Waals surface area contributed by atoms with Gasteiger partial charge in [-0.3, -0.25) is 28.8 Å². The smallest absolute Gasteiger partial charge is 0.308 e. The van der Waals surface area contributed by atoms with Gasteiger partial charge >= 0.3 is 35.8 Å². The monoisotopic (exact) mass is 1480 g/mol. The third-order valence-electron chi connectivity index (χ3n) is 18.3. The number of fused-ring (bicyclic) bond motifs is 3. The Morgan fingerprint density at radius 3 is 1.39 bits per heavy atom. The van der Waals surface area contributed by atoms with Crippen molar-refractivity contribution < 1.29 is 116 Å². The number of aliphatic hydroxyl groups is 1. The number of esters is 6.